The lowest BCUT2D eigenvalue weighted by atomic mass is 10.1. The minimum Gasteiger partial charge on any atom is -0.495 e. The number of ether oxygens (including phenoxy) is 1. The third-order valence-corrected chi connectivity index (χ3v) is 2.97. The van der Waals surface area contributed by atoms with Crippen molar-refractivity contribution in [2.45, 2.75) is 18.9 Å². The van der Waals surface area contributed by atoms with Gasteiger partial charge in [-0.2, -0.15) is 0 Å². The largest absolute Gasteiger partial charge is 0.495 e. The van der Waals surface area contributed by atoms with Gasteiger partial charge in [-0.25, -0.2) is 0 Å². The Bertz CT molecular complexity index is 328. The first-order valence-electron chi connectivity index (χ1n) is 5.45. The maximum Gasteiger partial charge on any atom is 0.142 e. The first kappa shape index (κ1) is 16.4. The number of para-hydroxylation sites is 2. The van der Waals surface area contributed by atoms with E-state index in [0.717, 1.165) is 31.7 Å². The van der Waals surface area contributed by atoms with Crippen molar-refractivity contribution in [1.82, 2.24) is 0 Å². The smallest absolute Gasteiger partial charge is 0.142 e. The van der Waals surface area contributed by atoms with E-state index >= 15 is 0 Å². The molecule has 0 aliphatic carbocycles. The molecule has 1 aromatic rings. The van der Waals surface area contributed by atoms with Crippen LogP contribution in [0.4, 0.5) is 5.69 Å². The van der Waals surface area contributed by atoms with Gasteiger partial charge >= 0.3 is 0 Å². The molecule has 0 aromatic heterocycles. The molecule has 0 amide bonds. The molecule has 0 spiro atoms. The second kappa shape index (κ2) is 7.64. The van der Waals surface area contributed by atoms with Gasteiger partial charge in [-0.05, 0) is 25.0 Å². The molecule has 2 N–H and O–H groups in total. The van der Waals surface area contributed by atoms with Crippen LogP contribution in [-0.4, -0.2) is 26.2 Å². The average Bonchev–Trinajstić information content (AvgIpc) is 2.30. The minimum atomic E-state index is 0. The molecule has 2 rings (SSSR count). The first-order valence-corrected chi connectivity index (χ1v) is 5.45. The lowest BCUT2D eigenvalue weighted by Gasteiger charge is -2.32. The summed E-state index contributed by atoms with van der Waals surface area (Å²) in [7, 11) is 1.72. The summed E-state index contributed by atoms with van der Waals surface area (Å²) in [6, 6.07) is 8.53. The summed E-state index contributed by atoms with van der Waals surface area (Å²) < 4.78 is 5.35. The molecule has 1 aliphatic heterocycles. The number of hydrogen-bond donors (Lipinski definition) is 1. The van der Waals surface area contributed by atoms with E-state index in [1.54, 1.807) is 7.11 Å². The Balaban J connectivity index is 0.00000128. The van der Waals surface area contributed by atoms with Crippen molar-refractivity contribution in [3.63, 3.8) is 0 Å². The van der Waals surface area contributed by atoms with Crippen molar-refractivity contribution >= 4 is 30.5 Å². The molecule has 0 radical (unpaired) electrons. The lowest BCUT2D eigenvalue weighted by molar-refractivity contribution is 0.411. The molecule has 5 heteroatoms. The van der Waals surface area contributed by atoms with Crippen LogP contribution in [0.15, 0.2) is 24.3 Å². The van der Waals surface area contributed by atoms with E-state index in [1.807, 2.05) is 18.2 Å². The summed E-state index contributed by atoms with van der Waals surface area (Å²) in [5, 5.41) is 0. The van der Waals surface area contributed by atoms with Crippen LogP contribution < -0.4 is 15.4 Å². The number of methoxy groups -OCH3 is 1. The highest BCUT2D eigenvalue weighted by molar-refractivity contribution is 5.85. The van der Waals surface area contributed by atoms with E-state index in [4.69, 9.17) is 10.5 Å². The molecule has 1 aliphatic rings. The number of piperidine rings is 1. The van der Waals surface area contributed by atoms with Gasteiger partial charge in [0.15, 0.2) is 0 Å². The summed E-state index contributed by atoms with van der Waals surface area (Å²) in [6.45, 7) is 2.06. The SMILES string of the molecule is COc1ccccc1N1CCC(N)CC1.Cl.Cl. The van der Waals surface area contributed by atoms with Crippen LogP contribution in [0.5, 0.6) is 5.75 Å². The Morgan fingerprint density at radius 3 is 2.35 bits per heavy atom. The predicted octanol–water partition coefficient (Wildman–Crippen LogP) is 2.47. The minimum absolute atomic E-state index is 0. The molecular weight excluding hydrogens is 259 g/mol. The van der Waals surface area contributed by atoms with Gasteiger partial charge in [0.1, 0.15) is 5.75 Å². The Labute approximate surface area is 115 Å². The Morgan fingerprint density at radius 1 is 1.18 bits per heavy atom. The van der Waals surface area contributed by atoms with E-state index in [1.165, 1.54) is 5.69 Å². The number of halogens is 2. The first-order chi connectivity index (χ1) is 7.31. The van der Waals surface area contributed by atoms with Crippen molar-refractivity contribution in [1.29, 1.82) is 0 Å². The standard InChI is InChI=1S/C12H18N2O.2ClH/c1-15-12-5-3-2-4-11(12)14-8-6-10(13)7-9-14;;/h2-5,10H,6-9,13H2,1H3;2*1H. The summed E-state index contributed by atoms with van der Waals surface area (Å²) >= 11 is 0. The van der Waals surface area contributed by atoms with Gasteiger partial charge in [0.05, 0.1) is 12.8 Å². The van der Waals surface area contributed by atoms with Gasteiger partial charge in [-0.1, -0.05) is 12.1 Å². The van der Waals surface area contributed by atoms with Crippen LogP contribution in [0, 0.1) is 0 Å². The molecule has 98 valence electrons. The molecule has 0 atom stereocenters. The van der Waals surface area contributed by atoms with Gasteiger partial charge in [-0.3, -0.25) is 0 Å². The third kappa shape index (κ3) is 3.95. The fourth-order valence-corrected chi connectivity index (χ4v) is 2.03. The number of nitrogens with two attached hydrogens (primary N) is 1. The fourth-order valence-electron chi connectivity index (χ4n) is 2.03. The summed E-state index contributed by atoms with van der Waals surface area (Å²) in [6.07, 6.45) is 2.14. The van der Waals surface area contributed by atoms with Crippen LogP contribution in [0.2, 0.25) is 0 Å². The van der Waals surface area contributed by atoms with Crippen molar-refractivity contribution in [3.8, 4) is 5.75 Å². The van der Waals surface area contributed by atoms with Crippen LogP contribution >= 0.6 is 24.8 Å². The molecule has 0 bridgehead atoms. The van der Waals surface area contributed by atoms with Gasteiger partial charge < -0.3 is 15.4 Å². The maximum absolute atomic E-state index is 5.89. The number of benzene rings is 1. The van der Waals surface area contributed by atoms with E-state index in [2.05, 4.69) is 11.0 Å². The molecule has 1 heterocycles. The zero-order valence-electron chi connectivity index (χ0n) is 9.96. The van der Waals surface area contributed by atoms with Crippen molar-refractivity contribution in [2.75, 3.05) is 25.1 Å². The molecule has 0 saturated carbocycles. The molecule has 1 fully saturated rings. The number of nitrogens with zero attached hydrogens (tertiary/aromatic N) is 1. The molecule has 1 aromatic carbocycles. The third-order valence-electron chi connectivity index (χ3n) is 2.97. The Hall–Kier alpha value is -0.640. The van der Waals surface area contributed by atoms with Gasteiger partial charge in [0, 0.05) is 19.1 Å². The van der Waals surface area contributed by atoms with E-state index < -0.39 is 0 Å². The number of rotatable bonds is 2. The van der Waals surface area contributed by atoms with Crippen LogP contribution in [-0.2, 0) is 0 Å². The highest BCUT2D eigenvalue weighted by Crippen LogP contribution is 2.29. The lowest BCUT2D eigenvalue weighted by Crippen LogP contribution is -2.39. The zero-order valence-corrected chi connectivity index (χ0v) is 11.6. The summed E-state index contributed by atoms with van der Waals surface area (Å²) in [5.41, 5.74) is 7.07. The topological polar surface area (TPSA) is 38.5 Å². The van der Waals surface area contributed by atoms with Gasteiger partial charge in [0.25, 0.3) is 0 Å². The van der Waals surface area contributed by atoms with E-state index in [9.17, 15) is 0 Å². The normalized spacial score (nSPS) is 15.8. The predicted molar refractivity (Wildman–Crippen MR) is 76.9 cm³/mol. The molecule has 0 unspecified atom stereocenters. The molecule has 1 saturated heterocycles. The van der Waals surface area contributed by atoms with Crippen LogP contribution in [0.1, 0.15) is 12.8 Å². The highest BCUT2D eigenvalue weighted by atomic mass is 35.5. The Kier molecular flexibility index (Phi) is 7.35. The second-order valence-electron chi connectivity index (χ2n) is 4.00. The van der Waals surface area contributed by atoms with Crippen molar-refractivity contribution in [2.24, 2.45) is 5.73 Å². The number of hydrogen-bond acceptors (Lipinski definition) is 3. The van der Waals surface area contributed by atoms with E-state index in [0.29, 0.717) is 6.04 Å². The second-order valence-corrected chi connectivity index (χ2v) is 4.00. The van der Waals surface area contributed by atoms with Crippen molar-refractivity contribution in [3.05, 3.63) is 24.3 Å². The monoisotopic (exact) mass is 278 g/mol. The quantitative estimate of drug-likeness (QED) is 0.903. The van der Waals surface area contributed by atoms with Crippen molar-refractivity contribution < 1.29 is 4.74 Å². The summed E-state index contributed by atoms with van der Waals surface area (Å²) in [5.74, 6) is 0.952. The zero-order chi connectivity index (χ0) is 10.7. The van der Waals surface area contributed by atoms with Gasteiger partial charge in [-0.15, -0.1) is 24.8 Å². The van der Waals surface area contributed by atoms with Gasteiger partial charge in [0.2, 0.25) is 0 Å². The Morgan fingerprint density at radius 2 is 1.76 bits per heavy atom. The average molecular weight is 279 g/mol. The maximum atomic E-state index is 5.89. The van der Waals surface area contributed by atoms with Crippen LogP contribution in [0.3, 0.4) is 0 Å². The number of anilines is 1. The summed E-state index contributed by atoms with van der Waals surface area (Å²) in [4.78, 5) is 2.35. The van der Waals surface area contributed by atoms with E-state index in [-0.39, 0.29) is 24.8 Å². The molecule has 3 nitrogen and oxygen atoms in total. The highest BCUT2D eigenvalue weighted by Gasteiger charge is 2.18. The molecule has 17 heavy (non-hydrogen) atoms. The van der Waals surface area contributed by atoms with Crippen LogP contribution in [0.25, 0.3) is 0 Å². The molecular formula is C12H20Cl2N2O. The fraction of sp³-hybridized carbons (Fsp3) is 0.500.